The Bertz CT molecular complexity index is 258. The fourth-order valence-corrected chi connectivity index (χ4v) is 2.94. The van der Waals surface area contributed by atoms with Crippen LogP contribution in [0.1, 0.15) is 33.1 Å². The molecule has 0 heterocycles. The van der Waals surface area contributed by atoms with Crippen molar-refractivity contribution in [3.8, 4) is 0 Å². The highest BCUT2D eigenvalue weighted by Gasteiger charge is 2.49. The van der Waals surface area contributed by atoms with Crippen molar-refractivity contribution in [3.63, 3.8) is 0 Å². The highest BCUT2D eigenvalue weighted by Crippen LogP contribution is 2.41. The van der Waals surface area contributed by atoms with E-state index in [4.69, 9.17) is 15.6 Å². The Morgan fingerprint density at radius 3 is 2.76 bits per heavy atom. The van der Waals surface area contributed by atoms with Gasteiger partial charge in [-0.25, -0.2) is 0 Å². The number of esters is 1. The highest BCUT2D eigenvalue weighted by molar-refractivity contribution is 8.00. The molecule has 0 aromatic carbocycles. The number of aliphatic hydroxyl groups excluding tert-OH is 1. The first-order valence-electron chi connectivity index (χ1n) is 6.23. The summed E-state index contributed by atoms with van der Waals surface area (Å²) in [5.74, 6) is 0.582. The molecule has 3 N–H and O–H groups in total. The molecule has 0 aromatic heterocycles. The van der Waals surface area contributed by atoms with Crippen molar-refractivity contribution in [1.82, 2.24) is 0 Å². The highest BCUT2D eigenvalue weighted by atomic mass is 32.2. The van der Waals surface area contributed by atoms with Crippen molar-refractivity contribution in [2.75, 3.05) is 19.0 Å². The van der Waals surface area contributed by atoms with Gasteiger partial charge >= 0.3 is 5.97 Å². The Hall–Kier alpha value is -0.260. The van der Waals surface area contributed by atoms with Crippen LogP contribution in [-0.4, -0.2) is 40.8 Å². The normalized spacial score (nSPS) is 20.7. The van der Waals surface area contributed by atoms with Crippen LogP contribution in [0.2, 0.25) is 0 Å². The number of thioether (sulfide) groups is 1. The van der Waals surface area contributed by atoms with Gasteiger partial charge in [-0.15, -0.1) is 0 Å². The smallest absolute Gasteiger partial charge is 0.327 e. The molecule has 1 rings (SSSR count). The average Bonchev–Trinajstić information content (AvgIpc) is 3.10. The first-order valence-corrected chi connectivity index (χ1v) is 7.28. The number of aliphatic hydroxyl groups is 1. The van der Waals surface area contributed by atoms with Crippen LogP contribution in [-0.2, 0) is 9.53 Å². The Morgan fingerprint density at radius 1 is 1.65 bits per heavy atom. The fourth-order valence-electron chi connectivity index (χ4n) is 1.75. The zero-order chi connectivity index (χ0) is 12.9. The maximum atomic E-state index is 11.9. The lowest BCUT2D eigenvalue weighted by molar-refractivity contribution is -0.149. The summed E-state index contributed by atoms with van der Waals surface area (Å²) in [4.78, 5) is 11.9. The summed E-state index contributed by atoms with van der Waals surface area (Å²) < 4.78 is 5.07. The molecule has 0 saturated heterocycles. The lowest BCUT2D eigenvalue weighted by atomic mass is 9.97. The number of rotatable bonds is 8. The largest absolute Gasteiger partial charge is 0.465 e. The lowest BCUT2D eigenvalue weighted by Crippen LogP contribution is -2.53. The zero-order valence-corrected chi connectivity index (χ0v) is 11.5. The molecule has 0 radical (unpaired) electrons. The maximum Gasteiger partial charge on any atom is 0.327 e. The predicted octanol–water partition coefficient (Wildman–Crippen LogP) is 1.16. The van der Waals surface area contributed by atoms with Crippen molar-refractivity contribution >= 4 is 17.7 Å². The van der Waals surface area contributed by atoms with Crippen molar-refractivity contribution in [1.29, 1.82) is 0 Å². The van der Waals surface area contributed by atoms with Gasteiger partial charge in [-0.2, -0.15) is 11.8 Å². The van der Waals surface area contributed by atoms with E-state index in [9.17, 15) is 4.79 Å². The maximum absolute atomic E-state index is 11.9. The molecular formula is C12H23NO3S. The number of hydrogen-bond donors (Lipinski definition) is 2. The summed E-state index contributed by atoms with van der Waals surface area (Å²) in [6, 6.07) is 0. The summed E-state index contributed by atoms with van der Waals surface area (Å²) in [6.07, 6.45) is 2.77. The van der Waals surface area contributed by atoms with Gasteiger partial charge in [0.05, 0.1) is 6.61 Å². The third kappa shape index (κ3) is 4.16. The predicted molar refractivity (Wildman–Crippen MR) is 69.9 cm³/mol. The molecule has 1 saturated carbocycles. The Kier molecular flexibility index (Phi) is 5.76. The molecule has 100 valence electrons. The van der Waals surface area contributed by atoms with E-state index in [2.05, 4.69) is 0 Å². The number of hydrogen-bond acceptors (Lipinski definition) is 5. The fraction of sp³-hybridized carbons (Fsp3) is 0.917. The van der Waals surface area contributed by atoms with Crippen LogP contribution in [0.25, 0.3) is 0 Å². The van der Waals surface area contributed by atoms with Crippen molar-refractivity contribution < 1.29 is 14.6 Å². The molecule has 5 heteroatoms. The van der Waals surface area contributed by atoms with Gasteiger partial charge in [-0.05, 0) is 32.1 Å². The molecule has 0 aromatic rings. The number of ether oxygens (including phenoxy) is 1. The molecule has 4 nitrogen and oxygen atoms in total. The summed E-state index contributed by atoms with van der Waals surface area (Å²) >= 11 is 1.64. The topological polar surface area (TPSA) is 72.5 Å². The SMILES string of the molecule is CCOC(=O)C(N)(CSC(C)CCO)C1CC1. The van der Waals surface area contributed by atoms with E-state index < -0.39 is 5.54 Å². The van der Waals surface area contributed by atoms with Crippen molar-refractivity contribution in [2.24, 2.45) is 11.7 Å². The minimum Gasteiger partial charge on any atom is -0.465 e. The van der Waals surface area contributed by atoms with Crippen LogP contribution < -0.4 is 5.73 Å². The van der Waals surface area contributed by atoms with E-state index in [0.29, 0.717) is 17.6 Å². The summed E-state index contributed by atoms with van der Waals surface area (Å²) in [6.45, 7) is 4.39. The van der Waals surface area contributed by atoms with Crippen molar-refractivity contribution in [3.05, 3.63) is 0 Å². The van der Waals surface area contributed by atoms with Crippen LogP contribution in [0.15, 0.2) is 0 Å². The summed E-state index contributed by atoms with van der Waals surface area (Å²) in [5.41, 5.74) is 5.39. The lowest BCUT2D eigenvalue weighted by Gasteiger charge is -2.27. The molecule has 17 heavy (non-hydrogen) atoms. The van der Waals surface area contributed by atoms with Crippen LogP contribution in [0.5, 0.6) is 0 Å². The van der Waals surface area contributed by atoms with Gasteiger partial charge in [0, 0.05) is 17.6 Å². The molecular weight excluding hydrogens is 238 g/mol. The van der Waals surface area contributed by atoms with E-state index in [-0.39, 0.29) is 18.5 Å². The number of carbonyl (C=O) groups is 1. The van der Waals surface area contributed by atoms with E-state index in [1.54, 1.807) is 18.7 Å². The third-order valence-electron chi connectivity index (χ3n) is 3.10. The standard InChI is InChI=1S/C12H23NO3S/c1-3-16-11(15)12(13,10-4-5-10)8-17-9(2)6-7-14/h9-10,14H,3-8,13H2,1-2H3. The van der Waals surface area contributed by atoms with E-state index >= 15 is 0 Å². The molecule has 1 aliphatic carbocycles. The van der Waals surface area contributed by atoms with Crippen LogP contribution in [0, 0.1) is 5.92 Å². The Morgan fingerprint density at radius 2 is 2.29 bits per heavy atom. The number of carbonyl (C=O) groups excluding carboxylic acids is 1. The summed E-state index contributed by atoms with van der Waals surface area (Å²) in [7, 11) is 0. The monoisotopic (exact) mass is 261 g/mol. The third-order valence-corrected chi connectivity index (χ3v) is 4.55. The van der Waals surface area contributed by atoms with Gasteiger partial charge in [-0.3, -0.25) is 4.79 Å². The molecule has 0 amide bonds. The summed E-state index contributed by atoms with van der Waals surface area (Å²) in [5, 5.41) is 9.16. The van der Waals surface area contributed by atoms with E-state index in [1.807, 2.05) is 6.92 Å². The first-order chi connectivity index (χ1) is 8.04. The Labute approximate surface area is 107 Å². The average molecular weight is 261 g/mol. The van der Waals surface area contributed by atoms with Gasteiger partial charge in [0.25, 0.3) is 0 Å². The number of nitrogens with two attached hydrogens (primary N) is 1. The van der Waals surface area contributed by atoms with Crippen LogP contribution in [0.3, 0.4) is 0 Å². The van der Waals surface area contributed by atoms with Crippen molar-refractivity contribution in [2.45, 2.75) is 43.9 Å². The second-order valence-corrected chi connectivity index (χ2v) is 6.10. The van der Waals surface area contributed by atoms with Gasteiger partial charge in [0.15, 0.2) is 0 Å². The molecule has 0 bridgehead atoms. The van der Waals surface area contributed by atoms with E-state index in [1.165, 1.54) is 0 Å². The minimum atomic E-state index is -0.829. The van der Waals surface area contributed by atoms with Gasteiger partial charge in [0.2, 0.25) is 0 Å². The van der Waals surface area contributed by atoms with Crippen LogP contribution in [0.4, 0.5) is 0 Å². The van der Waals surface area contributed by atoms with Crippen LogP contribution >= 0.6 is 11.8 Å². The molecule has 1 fully saturated rings. The molecule has 0 spiro atoms. The first kappa shape index (κ1) is 14.8. The Balaban J connectivity index is 2.50. The quantitative estimate of drug-likeness (QED) is 0.642. The molecule has 0 aliphatic heterocycles. The van der Waals surface area contributed by atoms with E-state index in [0.717, 1.165) is 19.3 Å². The minimum absolute atomic E-state index is 0.175. The second-order valence-electron chi connectivity index (χ2n) is 4.67. The van der Waals surface area contributed by atoms with Gasteiger partial charge < -0.3 is 15.6 Å². The molecule has 1 aliphatic rings. The molecule has 2 atom stereocenters. The molecule has 2 unspecified atom stereocenters. The van der Waals surface area contributed by atoms with Gasteiger partial charge in [-0.1, -0.05) is 6.92 Å². The van der Waals surface area contributed by atoms with Gasteiger partial charge in [0.1, 0.15) is 5.54 Å². The zero-order valence-electron chi connectivity index (χ0n) is 10.6. The second kappa shape index (κ2) is 6.61.